The number of anilines is 1. The van der Waals surface area contributed by atoms with E-state index in [1.54, 1.807) is 0 Å². The number of carbonyl (C=O) groups is 2. The predicted octanol–water partition coefficient (Wildman–Crippen LogP) is 2.03. The van der Waals surface area contributed by atoms with E-state index in [4.69, 9.17) is 5.73 Å². The Morgan fingerprint density at radius 2 is 2.00 bits per heavy atom. The van der Waals surface area contributed by atoms with E-state index in [9.17, 15) is 24.8 Å². The smallest absolute Gasteiger partial charge is 0.326 e. The summed E-state index contributed by atoms with van der Waals surface area (Å²) in [7, 11) is 0. The Bertz CT molecular complexity index is 705. The van der Waals surface area contributed by atoms with Gasteiger partial charge in [-0.25, -0.2) is 4.79 Å². The van der Waals surface area contributed by atoms with Crippen molar-refractivity contribution in [1.82, 2.24) is 4.90 Å². The molecule has 8 heteroatoms. The van der Waals surface area contributed by atoms with Crippen molar-refractivity contribution in [3.8, 4) is 0 Å². The molecular formula is C16H19N3O5. The van der Waals surface area contributed by atoms with Gasteiger partial charge in [0.25, 0.3) is 11.6 Å². The fraction of sp³-hybridized carbons (Fsp3) is 0.500. The Balaban J connectivity index is 1.99. The van der Waals surface area contributed by atoms with Gasteiger partial charge in [0, 0.05) is 12.1 Å². The number of aliphatic carboxylic acids is 1. The highest BCUT2D eigenvalue weighted by atomic mass is 16.6. The fourth-order valence-corrected chi connectivity index (χ4v) is 4.01. The van der Waals surface area contributed by atoms with Crippen molar-refractivity contribution in [1.29, 1.82) is 0 Å². The molecule has 0 bridgehead atoms. The van der Waals surface area contributed by atoms with Gasteiger partial charge in [-0.05, 0) is 31.2 Å². The van der Waals surface area contributed by atoms with Crippen LogP contribution in [0.4, 0.5) is 11.4 Å². The molecule has 0 spiro atoms. The number of hydrogen-bond donors (Lipinski definition) is 2. The summed E-state index contributed by atoms with van der Waals surface area (Å²) < 4.78 is 0. The number of benzene rings is 1. The minimum absolute atomic E-state index is 0.00155. The van der Waals surface area contributed by atoms with Crippen LogP contribution in [-0.2, 0) is 4.79 Å². The first kappa shape index (κ1) is 16.2. The van der Waals surface area contributed by atoms with Crippen LogP contribution in [0.2, 0.25) is 0 Å². The van der Waals surface area contributed by atoms with Crippen molar-refractivity contribution in [2.45, 2.75) is 44.2 Å². The number of carbonyl (C=O) groups excluding carboxylic acids is 1. The summed E-state index contributed by atoms with van der Waals surface area (Å²) in [4.78, 5) is 36.4. The van der Waals surface area contributed by atoms with Crippen LogP contribution in [0.1, 0.15) is 42.5 Å². The molecule has 2 fully saturated rings. The van der Waals surface area contributed by atoms with Crippen molar-refractivity contribution >= 4 is 23.3 Å². The maximum atomic E-state index is 13.0. The third-order valence-electron chi connectivity index (χ3n) is 5.12. The van der Waals surface area contributed by atoms with E-state index in [1.807, 2.05) is 0 Å². The van der Waals surface area contributed by atoms with Crippen molar-refractivity contribution in [2.75, 3.05) is 5.73 Å². The van der Waals surface area contributed by atoms with Gasteiger partial charge in [0.2, 0.25) is 0 Å². The number of amides is 1. The third-order valence-corrected chi connectivity index (χ3v) is 5.12. The Morgan fingerprint density at radius 3 is 2.67 bits per heavy atom. The van der Waals surface area contributed by atoms with Gasteiger partial charge in [0.1, 0.15) is 11.7 Å². The first-order valence-corrected chi connectivity index (χ1v) is 8.00. The lowest BCUT2D eigenvalue weighted by molar-refractivity contribution is -0.383. The van der Waals surface area contributed by atoms with Gasteiger partial charge in [0.05, 0.1) is 10.5 Å². The molecule has 1 aromatic rings. The number of nitrogens with two attached hydrogens (primary N) is 1. The zero-order chi connectivity index (χ0) is 17.4. The topological polar surface area (TPSA) is 127 Å². The highest BCUT2D eigenvalue weighted by molar-refractivity contribution is 6.03. The van der Waals surface area contributed by atoms with Crippen LogP contribution in [0.5, 0.6) is 0 Å². The molecule has 1 amide bonds. The number of carboxylic acids is 1. The summed E-state index contributed by atoms with van der Waals surface area (Å²) in [5.41, 5.74) is 5.25. The SMILES string of the molecule is Nc1c(C(=O)N2C(C(=O)O)CC3CCCCC32)cccc1[N+](=O)[O-]. The number of nitrogen functional groups attached to an aromatic ring is 1. The molecular weight excluding hydrogens is 314 g/mol. The first-order valence-electron chi connectivity index (χ1n) is 8.00. The standard InChI is InChI=1S/C16H19N3O5/c17-14-10(5-3-7-12(14)19(23)24)15(20)18-11-6-2-1-4-9(11)8-13(18)16(21)22/h3,5,7,9,11,13H,1-2,4,6,8,17H2,(H,21,22). The molecule has 0 radical (unpaired) electrons. The Labute approximate surface area is 138 Å². The minimum atomic E-state index is -1.04. The quantitative estimate of drug-likeness (QED) is 0.495. The molecule has 1 aliphatic heterocycles. The molecule has 3 N–H and O–H groups in total. The van der Waals surface area contributed by atoms with Gasteiger partial charge in [-0.2, -0.15) is 0 Å². The highest BCUT2D eigenvalue weighted by Crippen LogP contribution is 2.41. The van der Waals surface area contributed by atoms with Gasteiger partial charge in [-0.15, -0.1) is 0 Å². The van der Waals surface area contributed by atoms with Gasteiger partial charge in [0.15, 0.2) is 0 Å². The average Bonchev–Trinajstić information content (AvgIpc) is 2.94. The maximum Gasteiger partial charge on any atom is 0.326 e. The van der Waals surface area contributed by atoms with Crippen molar-refractivity contribution in [2.24, 2.45) is 5.92 Å². The molecule has 1 aliphatic carbocycles. The average molecular weight is 333 g/mol. The van der Waals surface area contributed by atoms with Gasteiger partial charge < -0.3 is 15.7 Å². The zero-order valence-corrected chi connectivity index (χ0v) is 13.1. The second-order valence-corrected chi connectivity index (χ2v) is 6.41. The van der Waals surface area contributed by atoms with Crippen molar-refractivity contribution in [3.05, 3.63) is 33.9 Å². The van der Waals surface area contributed by atoms with Crippen LogP contribution < -0.4 is 5.73 Å². The van der Waals surface area contributed by atoms with Crippen LogP contribution >= 0.6 is 0 Å². The summed E-state index contributed by atoms with van der Waals surface area (Å²) in [6.45, 7) is 0. The summed E-state index contributed by atoms with van der Waals surface area (Å²) >= 11 is 0. The number of likely N-dealkylation sites (tertiary alicyclic amines) is 1. The number of hydrogen-bond acceptors (Lipinski definition) is 5. The summed E-state index contributed by atoms with van der Waals surface area (Å²) in [5.74, 6) is -1.40. The van der Waals surface area contributed by atoms with Gasteiger partial charge >= 0.3 is 5.97 Å². The summed E-state index contributed by atoms with van der Waals surface area (Å²) in [5, 5.41) is 20.5. The minimum Gasteiger partial charge on any atom is -0.480 e. The van der Waals surface area contributed by atoms with Crippen molar-refractivity contribution in [3.63, 3.8) is 0 Å². The number of rotatable bonds is 3. The van der Waals surface area contributed by atoms with E-state index >= 15 is 0 Å². The van der Waals surface area contributed by atoms with E-state index in [0.717, 1.165) is 25.7 Å². The molecule has 1 saturated heterocycles. The van der Waals surface area contributed by atoms with Crippen LogP contribution in [0.25, 0.3) is 0 Å². The Hall–Kier alpha value is -2.64. The number of carboxylic acid groups (broad SMARTS) is 1. The predicted molar refractivity (Wildman–Crippen MR) is 85.5 cm³/mol. The first-order chi connectivity index (χ1) is 11.4. The molecule has 3 rings (SSSR count). The molecule has 8 nitrogen and oxygen atoms in total. The largest absolute Gasteiger partial charge is 0.480 e. The maximum absolute atomic E-state index is 13.0. The molecule has 24 heavy (non-hydrogen) atoms. The zero-order valence-electron chi connectivity index (χ0n) is 13.1. The summed E-state index contributed by atoms with van der Waals surface area (Å²) in [6.07, 6.45) is 4.08. The summed E-state index contributed by atoms with van der Waals surface area (Å²) in [6, 6.07) is 3.01. The van der Waals surface area contributed by atoms with E-state index < -0.39 is 22.8 Å². The number of para-hydroxylation sites is 1. The normalized spacial score (nSPS) is 26.0. The van der Waals surface area contributed by atoms with E-state index in [-0.39, 0.29) is 28.9 Å². The molecule has 2 aliphatic rings. The number of nitrogens with zero attached hydrogens (tertiary/aromatic N) is 2. The monoisotopic (exact) mass is 333 g/mol. The number of fused-ring (bicyclic) bond motifs is 1. The Kier molecular flexibility index (Phi) is 4.13. The molecule has 1 saturated carbocycles. The van der Waals surface area contributed by atoms with Crippen molar-refractivity contribution < 1.29 is 19.6 Å². The molecule has 3 unspecified atom stereocenters. The molecule has 1 heterocycles. The van der Waals surface area contributed by atoms with Crippen LogP contribution in [0.3, 0.4) is 0 Å². The number of nitro benzene ring substituents is 1. The number of nitro groups is 1. The second kappa shape index (κ2) is 6.10. The molecule has 0 aromatic heterocycles. The lowest BCUT2D eigenvalue weighted by Gasteiger charge is -2.33. The Morgan fingerprint density at radius 1 is 1.29 bits per heavy atom. The van der Waals surface area contributed by atoms with Crippen LogP contribution in [0.15, 0.2) is 18.2 Å². The lowest BCUT2D eigenvalue weighted by Crippen LogP contribution is -2.46. The third kappa shape index (κ3) is 2.57. The lowest BCUT2D eigenvalue weighted by atomic mass is 9.84. The van der Waals surface area contributed by atoms with E-state index in [2.05, 4.69) is 0 Å². The molecule has 3 atom stereocenters. The fourth-order valence-electron chi connectivity index (χ4n) is 4.01. The van der Waals surface area contributed by atoms with Crippen LogP contribution in [0, 0.1) is 16.0 Å². The second-order valence-electron chi connectivity index (χ2n) is 6.41. The van der Waals surface area contributed by atoms with E-state index in [0.29, 0.717) is 6.42 Å². The van der Waals surface area contributed by atoms with Crippen LogP contribution in [-0.4, -0.2) is 38.9 Å². The van der Waals surface area contributed by atoms with E-state index in [1.165, 1.54) is 23.1 Å². The van der Waals surface area contributed by atoms with Gasteiger partial charge in [-0.1, -0.05) is 18.9 Å². The molecule has 1 aromatic carbocycles. The molecule has 128 valence electrons. The van der Waals surface area contributed by atoms with Gasteiger partial charge in [-0.3, -0.25) is 14.9 Å². The highest BCUT2D eigenvalue weighted by Gasteiger charge is 2.48.